The van der Waals surface area contributed by atoms with Crippen molar-refractivity contribution in [1.29, 1.82) is 0 Å². The number of ether oxygens (including phenoxy) is 5. The Morgan fingerprint density at radius 1 is 0.435 bits per heavy atom. The van der Waals surface area contributed by atoms with Crippen molar-refractivity contribution < 1.29 is 52.5 Å². The van der Waals surface area contributed by atoms with Gasteiger partial charge in [0.1, 0.15) is 36.5 Å². The molecule has 0 saturated carbocycles. The fourth-order valence-corrected chi connectivity index (χ4v) is 8.98. The third-order valence-electron chi connectivity index (χ3n) is 12.5. The van der Waals surface area contributed by atoms with Crippen LogP contribution in [0.1, 0.15) is 85.8 Å². The number of alkyl carbamates (subject to hydrolysis) is 2. The Bertz CT molecular complexity index is 2590. The summed E-state index contributed by atoms with van der Waals surface area (Å²) in [5.74, 6) is -5.28. The maximum Gasteiger partial charge on any atom is 0.407 e. The van der Waals surface area contributed by atoms with Gasteiger partial charge in [-0.15, -0.1) is 0 Å². The summed E-state index contributed by atoms with van der Waals surface area (Å²) in [6.45, 7) is 6.39. The quantitative estimate of drug-likeness (QED) is 0.0538. The molecule has 2 aliphatic carbocycles. The third kappa shape index (κ3) is 10.9. The number of fused-ring (bicyclic) bond motifs is 6. The van der Waals surface area contributed by atoms with E-state index in [0.717, 1.165) is 44.5 Å². The number of hydrogen-bond donors (Lipinski definition) is 2. The Hall–Kier alpha value is -8.06. The highest BCUT2D eigenvalue weighted by atomic mass is 16.6. The summed E-state index contributed by atoms with van der Waals surface area (Å²) in [4.78, 5) is 82.6. The molecule has 0 saturated heterocycles. The van der Waals surface area contributed by atoms with Gasteiger partial charge in [0.2, 0.25) is 0 Å². The average Bonchev–Trinajstić information content (AvgIpc) is 3.84. The summed E-state index contributed by atoms with van der Waals surface area (Å²) >= 11 is 0. The molecule has 0 heterocycles. The van der Waals surface area contributed by atoms with E-state index in [4.69, 9.17) is 23.7 Å². The van der Waals surface area contributed by atoms with Gasteiger partial charge < -0.3 is 34.3 Å². The van der Waals surface area contributed by atoms with E-state index in [-0.39, 0.29) is 25.0 Å². The van der Waals surface area contributed by atoms with Crippen molar-refractivity contribution >= 4 is 36.1 Å². The number of hydrogen-bond acceptors (Lipinski definition) is 11. The van der Waals surface area contributed by atoms with Crippen LogP contribution < -0.4 is 10.6 Å². The number of esters is 4. The van der Waals surface area contributed by atoms with E-state index in [9.17, 15) is 28.8 Å². The monoisotopic (exact) mass is 928 g/mol. The van der Waals surface area contributed by atoms with Crippen LogP contribution in [0, 0.1) is 0 Å². The molecule has 2 aliphatic rings. The molecule has 8 rings (SSSR count). The van der Waals surface area contributed by atoms with E-state index >= 15 is 0 Å². The predicted molar refractivity (Wildman–Crippen MR) is 255 cm³/mol. The SMILES string of the molecule is CC(C)(OC(=O)CC(NC(=O)OCC1c2ccccc2-c2ccccc21)C(=O)OC(=O)C(CC(=O)OC(C)(C)c1ccccc1)NC(=O)OCC1c2ccccc2-c2ccccc21)c1ccccc1. The summed E-state index contributed by atoms with van der Waals surface area (Å²) in [5.41, 5.74) is 6.75. The standard InChI is InChI=1S/C56H52N2O11/c1-55(2,35-19-7-5-8-20-35)68-49(59)31-47(57-53(63)65-33-45-41-27-15-11-23-37(41)38-24-12-16-28-42(38)45)51(61)67-52(62)48(32-50(60)69-56(3,4)36-21-9-6-10-22-36)58-54(64)66-34-46-43-29-17-13-25-39(43)40-26-14-18-30-44(40)46/h5-30,45-48H,31-34H2,1-4H3,(H,57,63)(H,58,64). The molecule has 0 spiro atoms. The summed E-state index contributed by atoms with van der Waals surface area (Å²) < 4.78 is 28.3. The zero-order valence-electron chi connectivity index (χ0n) is 38.6. The van der Waals surface area contributed by atoms with Crippen molar-refractivity contribution in [2.45, 2.75) is 75.7 Å². The molecule has 2 amide bonds. The number of benzene rings is 6. The molecule has 0 aromatic heterocycles. The lowest BCUT2D eigenvalue weighted by Gasteiger charge is -2.27. The van der Waals surface area contributed by atoms with Crippen LogP contribution in [0.15, 0.2) is 158 Å². The van der Waals surface area contributed by atoms with Gasteiger partial charge in [0.05, 0.1) is 12.8 Å². The van der Waals surface area contributed by atoms with Gasteiger partial charge in [0.15, 0.2) is 0 Å². The van der Waals surface area contributed by atoms with Crippen LogP contribution in [-0.2, 0) is 54.1 Å². The molecule has 6 aromatic carbocycles. The maximum atomic E-state index is 14.1. The van der Waals surface area contributed by atoms with Crippen molar-refractivity contribution in [3.05, 3.63) is 191 Å². The first-order valence-electron chi connectivity index (χ1n) is 22.7. The fourth-order valence-electron chi connectivity index (χ4n) is 8.98. The van der Waals surface area contributed by atoms with Crippen molar-refractivity contribution in [3.63, 3.8) is 0 Å². The molecule has 2 atom stereocenters. The Morgan fingerprint density at radius 3 is 1.04 bits per heavy atom. The smallest absolute Gasteiger partial charge is 0.407 e. The van der Waals surface area contributed by atoms with Crippen LogP contribution in [0.3, 0.4) is 0 Å². The molecular weight excluding hydrogens is 877 g/mol. The number of carbonyl (C=O) groups excluding carboxylic acids is 6. The first kappa shape index (κ1) is 47.4. The second-order valence-electron chi connectivity index (χ2n) is 17.9. The largest absolute Gasteiger partial charge is 0.455 e. The summed E-state index contributed by atoms with van der Waals surface area (Å²) in [6, 6.07) is 45.1. The summed E-state index contributed by atoms with van der Waals surface area (Å²) in [5, 5.41) is 4.79. The lowest BCUT2D eigenvalue weighted by Crippen LogP contribution is -2.49. The van der Waals surface area contributed by atoms with E-state index in [1.165, 1.54) is 0 Å². The third-order valence-corrected chi connectivity index (χ3v) is 12.5. The molecule has 0 radical (unpaired) electrons. The molecule has 13 heteroatoms. The summed E-state index contributed by atoms with van der Waals surface area (Å²) in [6.07, 6.45) is -3.74. The minimum Gasteiger partial charge on any atom is -0.455 e. The molecule has 13 nitrogen and oxygen atoms in total. The predicted octanol–water partition coefficient (Wildman–Crippen LogP) is 9.61. The number of rotatable bonds is 16. The van der Waals surface area contributed by atoms with Crippen molar-refractivity contribution in [1.82, 2.24) is 10.6 Å². The van der Waals surface area contributed by atoms with E-state index in [1.807, 2.05) is 109 Å². The van der Waals surface area contributed by atoms with Gasteiger partial charge in [-0.05, 0) is 83.3 Å². The number of carbonyl (C=O) groups is 6. The van der Waals surface area contributed by atoms with Crippen LogP contribution in [0.5, 0.6) is 0 Å². The van der Waals surface area contributed by atoms with Crippen LogP contribution in [-0.4, -0.2) is 61.4 Å². The van der Waals surface area contributed by atoms with E-state index in [2.05, 4.69) is 10.6 Å². The van der Waals surface area contributed by atoms with Crippen LogP contribution >= 0.6 is 0 Å². The van der Waals surface area contributed by atoms with Crippen LogP contribution in [0.2, 0.25) is 0 Å². The molecule has 0 fully saturated rings. The Balaban J connectivity index is 0.997. The van der Waals surface area contributed by atoms with E-state index in [0.29, 0.717) is 11.1 Å². The Kier molecular flexibility index (Phi) is 14.0. The number of nitrogens with one attached hydrogen (secondary N) is 2. The minimum atomic E-state index is -1.83. The lowest BCUT2D eigenvalue weighted by molar-refractivity contribution is -0.169. The average molecular weight is 929 g/mol. The maximum absolute atomic E-state index is 14.1. The first-order valence-corrected chi connectivity index (χ1v) is 22.7. The molecule has 2 N–H and O–H groups in total. The summed E-state index contributed by atoms with van der Waals surface area (Å²) in [7, 11) is 0. The zero-order chi connectivity index (χ0) is 48.7. The van der Waals surface area contributed by atoms with Gasteiger partial charge in [-0.1, -0.05) is 158 Å². The lowest BCUT2D eigenvalue weighted by atomic mass is 9.98. The molecule has 6 aromatic rings. The second-order valence-corrected chi connectivity index (χ2v) is 17.9. The van der Waals surface area contributed by atoms with E-state index < -0.39 is 72.2 Å². The Labute approximate surface area is 400 Å². The van der Waals surface area contributed by atoms with Gasteiger partial charge in [-0.2, -0.15) is 0 Å². The molecule has 0 bridgehead atoms. The van der Waals surface area contributed by atoms with Gasteiger partial charge >= 0.3 is 36.1 Å². The number of amides is 2. The zero-order valence-corrected chi connectivity index (χ0v) is 38.6. The molecular formula is C56H52N2O11. The molecule has 352 valence electrons. The molecule has 2 unspecified atom stereocenters. The highest BCUT2D eigenvalue weighted by Crippen LogP contribution is 2.46. The first-order chi connectivity index (χ1) is 33.2. The minimum absolute atomic E-state index is 0.125. The normalized spacial score (nSPS) is 13.6. The van der Waals surface area contributed by atoms with Crippen molar-refractivity contribution in [2.75, 3.05) is 13.2 Å². The van der Waals surface area contributed by atoms with Gasteiger partial charge in [0.25, 0.3) is 0 Å². The molecule has 69 heavy (non-hydrogen) atoms. The highest BCUT2D eigenvalue weighted by Gasteiger charge is 2.38. The second kappa shape index (κ2) is 20.4. The van der Waals surface area contributed by atoms with Crippen molar-refractivity contribution in [3.8, 4) is 22.3 Å². The Morgan fingerprint density at radius 2 is 0.725 bits per heavy atom. The van der Waals surface area contributed by atoms with Crippen LogP contribution in [0.4, 0.5) is 9.59 Å². The van der Waals surface area contributed by atoms with Gasteiger partial charge in [0, 0.05) is 11.8 Å². The van der Waals surface area contributed by atoms with Crippen LogP contribution in [0.25, 0.3) is 22.3 Å². The fraction of sp³-hybridized carbons (Fsp3) is 0.250. The van der Waals surface area contributed by atoms with Gasteiger partial charge in [-0.3, -0.25) is 9.59 Å². The molecule has 0 aliphatic heterocycles. The highest BCUT2D eigenvalue weighted by molar-refractivity contribution is 5.96. The topological polar surface area (TPSA) is 173 Å². The van der Waals surface area contributed by atoms with Gasteiger partial charge in [-0.25, -0.2) is 19.2 Å². The van der Waals surface area contributed by atoms with Crippen molar-refractivity contribution in [2.24, 2.45) is 0 Å². The van der Waals surface area contributed by atoms with E-state index in [1.54, 1.807) is 76.2 Å².